The van der Waals surface area contributed by atoms with Crippen LogP contribution in [0.15, 0.2) is 18.2 Å². The SMILES string of the molecule is Fc1ccc(CN2CCCC(N3CCCC3)C2)c(F)c1. The van der Waals surface area contributed by atoms with Gasteiger partial charge in [-0.15, -0.1) is 0 Å². The van der Waals surface area contributed by atoms with E-state index in [-0.39, 0.29) is 0 Å². The van der Waals surface area contributed by atoms with Crippen LogP contribution in [0.1, 0.15) is 31.2 Å². The molecule has 2 saturated heterocycles. The largest absolute Gasteiger partial charge is 0.299 e. The minimum atomic E-state index is -0.500. The summed E-state index contributed by atoms with van der Waals surface area (Å²) in [6.45, 7) is 5.04. The van der Waals surface area contributed by atoms with Crippen LogP contribution in [-0.2, 0) is 6.54 Å². The average molecular weight is 280 g/mol. The number of benzene rings is 1. The van der Waals surface area contributed by atoms with Crippen molar-refractivity contribution in [3.05, 3.63) is 35.4 Å². The summed E-state index contributed by atoms with van der Waals surface area (Å²) in [5, 5.41) is 0. The van der Waals surface area contributed by atoms with E-state index in [0.29, 0.717) is 18.2 Å². The van der Waals surface area contributed by atoms with Crippen LogP contribution in [0.5, 0.6) is 0 Å². The maximum absolute atomic E-state index is 13.7. The second kappa shape index (κ2) is 6.19. The monoisotopic (exact) mass is 280 g/mol. The molecule has 0 aliphatic carbocycles. The zero-order chi connectivity index (χ0) is 13.9. The van der Waals surface area contributed by atoms with Crippen LogP contribution in [0.4, 0.5) is 8.78 Å². The summed E-state index contributed by atoms with van der Waals surface area (Å²) in [4.78, 5) is 4.88. The minimum absolute atomic E-state index is 0.423. The molecule has 1 aromatic carbocycles. The van der Waals surface area contributed by atoms with Crippen LogP contribution in [0, 0.1) is 11.6 Å². The molecule has 0 radical (unpaired) electrons. The molecule has 2 aliphatic rings. The smallest absolute Gasteiger partial charge is 0.130 e. The van der Waals surface area contributed by atoms with Crippen molar-refractivity contribution in [3.63, 3.8) is 0 Å². The minimum Gasteiger partial charge on any atom is -0.299 e. The Balaban J connectivity index is 1.62. The van der Waals surface area contributed by atoms with Gasteiger partial charge in [0.1, 0.15) is 11.6 Å². The van der Waals surface area contributed by atoms with E-state index in [1.807, 2.05) is 0 Å². The fourth-order valence-corrected chi connectivity index (χ4v) is 3.47. The molecule has 2 fully saturated rings. The molecule has 1 aromatic rings. The van der Waals surface area contributed by atoms with Crippen LogP contribution in [-0.4, -0.2) is 42.0 Å². The number of hydrogen-bond acceptors (Lipinski definition) is 2. The summed E-state index contributed by atoms with van der Waals surface area (Å²) in [5.74, 6) is -0.923. The number of halogens is 2. The van der Waals surface area contributed by atoms with E-state index in [9.17, 15) is 8.78 Å². The Kier molecular flexibility index (Phi) is 4.32. The quantitative estimate of drug-likeness (QED) is 0.840. The van der Waals surface area contributed by atoms with Gasteiger partial charge in [0.05, 0.1) is 0 Å². The maximum atomic E-state index is 13.7. The fourth-order valence-electron chi connectivity index (χ4n) is 3.47. The number of hydrogen-bond donors (Lipinski definition) is 0. The Hall–Kier alpha value is -1.00. The summed E-state index contributed by atoms with van der Waals surface area (Å²) in [7, 11) is 0. The predicted octanol–water partition coefficient (Wildman–Crippen LogP) is 3.03. The molecule has 2 aliphatic heterocycles. The van der Waals surface area contributed by atoms with E-state index >= 15 is 0 Å². The Bertz CT molecular complexity index is 458. The van der Waals surface area contributed by atoms with Crippen molar-refractivity contribution < 1.29 is 8.78 Å². The molecule has 0 saturated carbocycles. The normalized spacial score (nSPS) is 25.2. The molecule has 20 heavy (non-hydrogen) atoms. The van der Waals surface area contributed by atoms with Crippen molar-refractivity contribution >= 4 is 0 Å². The molecule has 0 amide bonds. The van der Waals surface area contributed by atoms with Crippen molar-refractivity contribution in [2.75, 3.05) is 26.2 Å². The highest BCUT2D eigenvalue weighted by Gasteiger charge is 2.27. The molecule has 1 atom stereocenters. The maximum Gasteiger partial charge on any atom is 0.130 e. The van der Waals surface area contributed by atoms with E-state index in [2.05, 4.69) is 9.80 Å². The zero-order valence-corrected chi connectivity index (χ0v) is 11.8. The van der Waals surface area contributed by atoms with Gasteiger partial charge in [0.25, 0.3) is 0 Å². The lowest BCUT2D eigenvalue weighted by Crippen LogP contribution is -2.46. The second-order valence-electron chi connectivity index (χ2n) is 6.01. The van der Waals surface area contributed by atoms with Crippen molar-refractivity contribution in [2.24, 2.45) is 0 Å². The summed E-state index contributed by atoms with van der Waals surface area (Å²) in [5.41, 5.74) is 0.605. The summed E-state index contributed by atoms with van der Waals surface area (Å²) in [6.07, 6.45) is 5.04. The van der Waals surface area contributed by atoms with Gasteiger partial charge < -0.3 is 0 Å². The molecule has 0 aromatic heterocycles. The average Bonchev–Trinajstić information content (AvgIpc) is 2.96. The van der Waals surface area contributed by atoms with Crippen LogP contribution in [0.25, 0.3) is 0 Å². The van der Waals surface area contributed by atoms with Gasteiger partial charge in [0.2, 0.25) is 0 Å². The highest BCUT2D eigenvalue weighted by atomic mass is 19.1. The van der Waals surface area contributed by atoms with E-state index < -0.39 is 11.6 Å². The van der Waals surface area contributed by atoms with Crippen LogP contribution >= 0.6 is 0 Å². The summed E-state index contributed by atoms with van der Waals surface area (Å²) >= 11 is 0. The van der Waals surface area contributed by atoms with Gasteiger partial charge >= 0.3 is 0 Å². The molecule has 0 N–H and O–H groups in total. The van der Waals surface area contributed by atoms with Gasteiger partial charge in [-0.2, -0.15) is 0 Å². The third-order valence-corrected chi connectivity index (χ3v) is 4.55. The Morgan fingerprint density at radius 2 is 1.85 bits per heavy atom. The van der Waals surface area contributed by atoms with Crippen LogP contribution < -0.4 is 0 Å². The van der Waals surface area contributed by atoms with E-state index in [4.69, 9.17) is 0 Å². The van der Waals surface area contributed by atoms with Gasteiger partial charge in [-0.1, -0.05) is 6.07 Å². The van der Waals surface area contributed by atoms with Crippen molar-refractivity contribution in [1.82, 2.24) is 9.80 Å². The molecule has 4 heteroatoms. The number of piperidine rings is 1. The van der Waals surface area contributed by atoms with Crippen molar-refractivity contribution in [2.45, 2.75) is 38.3 Å². The first-order valence-electron chi connectivity index (χ1n) is 7.63. The third-order valence-electron chi connectivity index (χ3n) is 4.55. The molecular formula is C16H22F2N2. The number of nitrogens with zero attached hydrogens (tertiary/aromatic N) is 2. The highest BCUT2D eigenvalue weighted by molar-refractivity contribution is 5.18. The lowest BCUT2D eigenvalue weighted by atomic mass is 10.0. The topological polar surface area (TPSA) is 6.48 Å². The summed E-state index contributed by atoms with van der Waals surface area (Å²) in [6, 6.07) is 4.52. The molecule has 110 valence electrons. The van der Waals surface area contributed by atoms with E-state index in [1.54, 1.807) is 6.07 Å². The first-order valence-corrected chi connectivity index (χ1v) is 7.63. The Morgan fingerprint density at radius 3 is 2.60 bits per heavy atom. The standard InChI is InChI=1S/C16H22F2N2/c17-14-6-5-13(16(18)10-14)11-19-7-3-4-15(12-19)20-8-1-2-9-20/h5-6,10,15H,1-4,7-9,11-12H2. The predicted molar refractivity (Wildman–Crippen MR) is 75.5 cm³/mol. The van der Waals surface area contributed by atoms with Crippen molar-refractivity contribution in [1.29, 1.82) is 0 Å². The lowest BCUT2D eigenvalue weighted by Gasteiger charge is -2.37. The van der Waals surface area contributed by atoms with E-state index in [1.165, 1.54) is 44.8 Å². The lowest BCUT2D eigenvalue weighted by molar-refractivity contribution is 0.110. The zero-order valence-electron chi connectivity index (χ0n) is 11.8. The second-order valence-corrected chi connectivity index (χ2v) is 6.01. The number of likely N-dealkylation sites (tertiary alicyclic amines) is 2. The van der Waals surface area contributed by atoms with Gasteiger partial charge in [0, 0.05) is 30.8 Å². The molecule has 2 nitrogen and oxygen atoms in total. The van der Waals surface area contributed by atoms with Gasteiger partial charge in [0.15, 0.2) is 0 Å². The van der Waals surface area contributed by atoms with Crippen molar-refractivity contribution in [3.8, 4) is 0 Å². The highest BCUT2D eigenvalue weighted by Crippen LogP contribution is 2.22. The Labute approximate surface area is 119 Å². The summed E-state index contributed by atoms with van der Waals surface area (Å²) < 4.78 is 26.7. The van der Waals surface area contributed by atoms with E-state index in [0.717, 1.165) is 19.2 Å². The Morgan fingerprint density at radius 1 is 1.05 bits per heavy atom. The first-order chi connectivity index (χ1) is 9.72. The molecular weight excluding hydrogens is 258 g/mol. The first kappa shape index (κ1) is 14.0. The van der Waals surface area contributed by atoms with Crippen LogP contribution in [0.3, 0.4) is 0 Å². The van der Waals surface area contributed by atoms with Gasteiger partial charge in [-0.3, -0.25) is 9.80 Å². The third kappa shape index (κ3) is 3.18. The van der Waals surface area contributed by atoms with Crippen LogP contribution in [0.2, 0.25) is 0 Å². The molecule has 3 rings (SSSR count). The fraction of sp³-hybridized carbons (Fsp3) is 0.625. The molecule has 1 unspecified atom stereocenters. The van der Waals surface area contributed by atoms with Gasteiger partial charge in [-0.25, -0.2) is 8.78 Å². The number of rotatable bonds is 3. The molecule has 0 bridgehead atoms. The molecule has 0 spiro atoms. The molecule has 2 heterocycles. The van der Waals surface area contributed by atoms with Gasteiger partial charge in [-0.05, 0) is 51.4 Å².